The Kier molecular flexibility index (Phi) is 5.54. The van der Waals surface area contributed by atoms with Crippen molar-refractivity contribution >= 4 is 33.2 Å². The standard InChI is InChI=1S/C23H22ClN3OS/c1-13-7-9-16(10-8-13)20-15(3)29-23-21(20)22(28)26-19(27-23)12-25-14(2)17-5-4-6-18(24)11-17/h4-11,14,25H,12H2,1-3H3,(H,26,27,28)/t14-/m0/s1. The first-order valence-electron chi connectivity index (χ1n) is 9.50. The van der Waals surface area contributed by atoms with Gasteiger partial charge in [0.2, 0.25) is 0 Å². The molecule has 0 aliphatic carbocycles. The highest BCUT2D eigenvalue weighted by Gasteiger charge is 2.17. The first kappa shape index (κ1) is 19.8. The van der Waals surface area contributed by atoms with Gasteiger partial charge in [-0.2, -0.15) is 0 Å². The average Bonchev–Trinajstić information content (AvgIpc) is 3.03. The summed E-state index contributed by atoms with van der Waals surface area (Å²) in [6, 6.07) is 16.1. The summed E-state index contributed by atoms with van der Waals surface area (Å²) >= 11 is 7.64. The smallest absolute Gasteiger partial charge is 0.260 e. The molecule has 2 aromatic carbocycles. The molecule has 4 aromatic rings. The number of aromatic amines is 1. The molecule has 148 valence electrons. The topological polar surface area (TPSA) is 57.8 Å². The fraction of sp³-hybridized carbons (Fsp3) is 0.217. The maximum atomic E-state index is 12.9. The molecule has 0 fully saturated rings. The second-order valence-corrected chi connectivity index (χ2v) is 8.89. The van der Waals surface area contributed by atoms with E-state index in [2.05, 4.69) is 48.4 Å². The second-order valence-electron chi connectivity index (χ2n) is 7.25. The minimum atomic E-state index is -0.0952. The number of hydrogen-bond donors (Lipinski definition) is 2. The van der Waals surface area contributed by atoms with Gasteiger partial charge in [0.05, 0.1) is 11.9 Å². The van der Waals surface area contributed by atoms with Crippen molar-refractivity contribution in [3.05, 3.63) is 85.7 Å². The number of benzene rings is 2. The molecule has 2 N–H and O–H groups in total. The number of thiophene rings is 1. The van der Waals surface area contributed by atoms with Crippen LogP contribution in [0.2, 0.25) is 5.02 Å². The SMILES string of the molecule is Cc1ccc(-c2c(C)sc3nc(CN[C@@H](C)c4cccc(Cl)c4)[nH]c(=O)c23)cc1. The summed E-state index contributed by atoms with van der Waals surface area (Å²) in [5.41, 5.74) is 4.22. The Morgan fingerprint density at radius 2 is 1.93 bits per heavy atom. The Bertz CT molecular complexity index is 1230. The van der Waals surface area contributed by atoms with E-state index >= 15 is 0 Å². The van der Waals surface area contributed by atoms with Gasteiger partial charge in [0, 0.05) is 21.5 Å². The molecule has 1 atom stereocenters. The zero-order valence-electron chi connectivity index (χ0n) is 16.5. The van der Waals surface area contributed by atoms with Gasteiger partial charge < -0.3 is 10.3 Å². The summed E-state index contributed by atoms with van der Waals surface area (Å²) in [6.45, 7) is 6.63. The van der Waals surface area contributed by atoms with Crippen molar-refractivity contribution in [1.82, 2.24) is 15.3 Å². The Hall–Kier alpha value is -2.47. The van der Waals surface area contributed by atoms with Gasteiger partial charge in [-0.05, 0) is 44.0 Å². The molecule has 0 amide bonds. The molecule has 0 saturated heterocycles. The molecule has 0 radical (unpaired) electrons. The summed E-state index contributed by atoms with van der Waals surface area (Å²) in [6.07, 6.45) is 0. The number of aromatic nitrogens is 2. The molecule has 29 heavy (non-hydrogen) atoms. The largest absolute Gasteiger partial charge is 0.309 e. The van der Waals surface area contributed by atoms with Crippen molar-refractivity contribution in [2.75, 3.05) is 0 Å². The fourth-order valence-electron chi connectivity index (χ4n) is 3.46. The number of aryl methyl sites for hydroxylation is 2. The number of rotatable bonds is 5. The third kappa shape index (κ3) is 4.13. The minimum absolute atomic E-state index is 0.0860. The van der Waals surface area contributed by atoms with Gasteiger partial charge in [0.1, 0.15) is 10.7 Å². The van der Waals surface area contributed by atoms with Crippen molar-refractivity contribution in [1.29, 1.82) is 0 Å². The highest BCUT2D eigenvalue weighted by atomic mass is 35.5. The van der Waals surface area contributed by atoms with Gasteiger partial charge in [-0.15, -0.1) is 11.3 Å². The van der Waals surface area contributed by atoms with Crippen LogP contribution in [0.25, 0.3) is 21.3 Å². The second kappa shape index (κ2) is 8.11. The number of halogens is 1. The maximum absolute atomic E-state index is 12.9. The third-order valence-electron chi connectivity index (χ3n) is 5.05. The van der Waals surface area contributed by atoms with Gasteiger partial charge in [-0.1, -0.05) is 53.6 Å². The Morgan fingerprint density at radius 1 is 1.17 bits per heavy atom. The Balaban J connectivity index is 1.63. The zero-order chi connectivity index (χ0) is 20.5. The monoisotopic (exact) mass is 423 g/mol. The Morgan fingerprint density at radius 3 is 2.66 bits per heavy atom. The normalized spacial score (nSPS) is 12.4. The van der Waals surface area contributed by atoms with Crippen LogP contribution in [0, 0.1) is 13.8 Å². The van der Waals surface area contributed by atoms with Gasteiger partial charge in [0.15, 0.2) is 0 Å². The van der Waals surface area contributed by atoms with Crippen LogP contribution in [0.15, 0.2) is 53.3 Å². The van der Waals surface area contributed by atoms with E-state index in [9.17, 15) is 4.79 Å². The maximum Gasteiger partial charge on any atom is 0.260 e. The molecular formula is C23H22ClN3OS. The predicted molar refractivity (Wildman–Crippen MR) is 122 cm³/mol. The van der Waals surface area contributed by atoms with Crippen LogP contribution in [-0.2, 0) is 6.54 Å². The van der Waals surface area contributed by atoms with Gasteiger partial charge in [-0.25, -0.2) is 4.98 Å². The van der Waals surface area contributed by atoms with Crippen molar-refractivity contribution in [3.63, 3.8) is 0 Å². The van der Waals surface area contributed by atoms with E-state index < -0.39 is 0 Å². The van der Waals surface area contributed by atoms with E-state index in [0.29, 0.717) is 22.8 Å². The summed E-state index contributed by atoms with van der Waals surface area (Å²) in [4.78, 5) is 22.4. The van der Waals surface area contributed by atoms with E-state index in [1.54, 1.807) is 11.3 Å². The predicted octanol–water partition coefficient (Wildman–Crippen LogP) is 5.77. The van der Waals surface area contributed by atoms with Crippen LogP contribution in [0.5, 0.6) is 0 Å². The molecule has 2 heterocycles. The average molecular weight is 424 g/mol. The van der Waals surface area contributed by atoms with Crippen molar-refractivity contribution in [3.8, 4) is 11.1 Å². The van der Waals surface area contributed by atoms with Crippen LogP contribution in [0.3, 0.4) is 0 Å². The molecule has 0 aliphatic heterocycles. The first-order valence-corrected chi connectivity index (χ1v) is 10.7. The van der Waals surface area contributed by atoms with Gasteiger partial charge in [0.25, 0.3) is 5.56 Å². The van der Waals surface area contributed by atoms with Crippen molar-refractivity contribution < 1.29 is 0 Å². The molecule has 4 nitrogen and oxygen atoms in total. The zero-order valence-corrected chi connectivity index (χ0v) is 18.1. The number of hydrogen-bond acceptors (Lipinski definition) is 4. The Labute approximate surface area is 178 Å². The van der Waals surface area contributed by atoms with Gasteiger partial charge in [-0.3, -0.25) is 4.79 Å². The lowest BCUT2D eigenvalue weighted by Crippen LogP contribution is -2.22. The molecule has 0 bridgehead atoms. The summed E-state index contributed by atoms with van der Waals surface area (Å²) < 4.78 is 0. The molecule has 0 spiro atoms. The lowest BCUT2D eigenvalue weighted by atomic mass is 10.0. The quantitative estimate of drug-likeness (QED) is 0.428. The van der Waals surface area contributed by atoms with Gasteiger partial charge >= 0.3 is 0 Å². The lowest BCUT2D eigenvalue weighted by molar-refractivity contribution is 0.560. The number of fused-ring (bicyclic) bond motifs is 1. The molecule has 0 saturated carbocycles. The van der Waals surface area contributed by atoms with E-state index in [4.69, 9.17) is 16.6 Å². The minimum Gasteiger partial charge on any atom is -0.309 e. The van der Waals surface area contributed by atoms with Crippen LogP contribution in [0.4, 0.5) is 0 Å². The van der Waals surface area contributed by atoms with Crippen molar-refractivity contribution in [2.45, 2.75) is 33.4 Å². The van der Waals surface area contributed by atoms with Crippen LogP contribution >= 0.6 is 22.9 Å². The first-order chi connectivity index (χ1) is 13.9. The highest BCUT2D eigenvalue weighted by molar-refractivity contribution is 7.19. The van der Waals surface area contributed by atoms with Crippen LogP contribution in [0.1, 0.15) is 34.8 Å². The number of H-pyrrole nitrogens is 1. The number of nitrogens with zero attached hydrogens (tertiary/aromatic N) is 1. The molecular weight excluding hydrogens is 402 g/mol. The lowest BCUT2D eigenvalue weighted by Gasteiger charge is -2.14. The fourth-order valence-corrected chi connectivity index (χ4v) is 4.72. The molecule has 0 aliphatic rings. The molecule has 0 unspecified atom stereocenters. The summed E-state index contributed by atoms with van der Waals surface area (Å²) in [7, 11) is 0. The van der Waals surface area contributed by atoms with E-state index in [0.717, 1.165) is 26.4 Å². The van der Waals surface area contributed by atoms with Crippen molar-refractivity contribution in [2.24, 2.45) is 0 Å². The van der Waals surface area contributed by atoms with E-state index in [-0.39, 0.29) is 11.6 Å². The van der Waals surface area contributed by atoms with Crippen LogP contribution in [-0.4, -0.2) is 9.97 Å². The molecule has 4 rings (SSSR count). The van der Waals surface area contributed by atoms with Crippen LogP contribution < -0.4 is 10.9 Å². The summed E-state index contributed by atoms with van der Waals surface area (Å²) in [5, 5.41) is 4.79. The molecule has 6 heteroatoms. The highest BCUT2D eigenvalue weighted by Crippen LogP contribution is 2.35. The summed E-state index contributed by atoms with van der Waals surface area (Å²) in [5.74, 6) is 0.632. The third-order valence-corrected chi connectivity index (χ3v) is 6.29. The molecule has 2 aromatic heterocycles. The number of nitrogens with one attached hydrogen (secondary N) is 2. The van der Waals surface area contributed by atoms with E-state index in [1.165, 1.54) is 5.56 Å². The van der Waals surface area contributed by atoms with E-state index in [1.807, 2.05) is 31.2 Å².